The fourth-order valence-electron chi connectivity index (χ4n) is 3.44. The molecule has 25 heavy (non-hydrogen) atoms. The number of piperidine rings is 1. The van der Waals surface area contributed by atoms with Crippen molar-refractivity contribution >= 4 is 26.7 Å². The van der Waals surface area contributed by atoms with Crippen LogP contribution in [0.15, 0.2) is 22.6 Å². The smallest absolute Gasteiger partial charge is 0.219 e. The van der Waals surface area contributed by atoms with Crippen LogP contribution in [0.3, 0.4) is 0 Å². The lowest BCUT2D eigenvalue weighted by Gasteiger charge is -2.30. The number of hydrogen-bond acceptors (Lipinski definition) is 7. The average molecular weight is 356 g/mol. The number of ether oxygens (including phenoxy) is 1. The molecule has 5 rings (SSSR count). The highest BCUT2D eigenvalue weighted by Gasteiger charge is 2.32. The lowest BCUT2D eigenvalue weighted by molar-refractivity contribution is 0.376. The number of benzene rings is 1. The topological polar surface area (TPSA) is 64.3 Å². The number of anilines is 1. The molecule has 2 aromatic heterocycles. The van der Waals surface area contributed by atoms with Gasteiger partial charge in [0.05, 0.1) is 11.8 Å². The SMILES string of the molecule is COc1cccc2sc(N3CCC(c4nnc(C5CC5)o4)CC3)nc12. The van der Waals surface area contributed by atoms with E-state index in [1.54, 1.807) is 18.4 Å². The van der Waals surface area contributed by atoms with Crippen LogP contribution in [0.5, 0.6) is 5.75 Å². The van der Waals surface area contributed by atoms with Gasteiger partial charge in [-0.15, -0.1) is 10.2 Å². The zero-order chi connectivity index (χ0) is 16.8. The van der Waals surface area contributed by atoms with Gasteiger partial charge >= 0.3 is 0 Å². The summed E-state index contributed by atoms with van der Waals surface area (Å²) in [4.78, 5) is 7.17. The van der Waals surface area contributed by atoms with Crippen LogP contribution >= 0.6 is 11.3 Å². The Morgan fingerprint density at radius 1 is 1.08 bits per heavy atom. The normalized spacial score (nSPS) is 18.8. The highest BCUT2D eigenvalue weighted by Crippen LogP contribution is 2.41. The van der Waals surface area contributed by atoms with Crippen LogP contribution in [0.25, 0.3) is 10.2 Å². The maximum atomic E-state index is 5.90. The van der Waals surface area contributed by atoms with Crippen molar-refractivity contribution in [1.29, 1.82) is 0 Å². The van der Waals surface area contributed by atoms with Gasteiger partial charge in [-0.2, -0.15) is 0 Å². The second-order valence-electron chi connectivity index (χ2n) is 6.82. The highest BCUT2D eigenvalue weighted by molar-refractivity contribution is 7.22. The van der Waals surface area contributed by atoms with Gasteiger partial charge in [0.15, 0.2) is 5.13 Å². The van der Waals surface area contributed by atoms with Crippen LogP contribution in [-0.4, -0.2) is 35.4 Å². The second kappa shape index (κ2) is 5.98. The fourth-order valence-corrected chi connectivity index (χ4v) is 4.47. The van der Waals surface area contributed by atoms with E-state index in [1.807, 2.05) is 12.1 Å². The Balaban J connectivity index is 1.31. The molecule has 0 spiro atoms. The molecule has 2 fully saturated rings. The molecule has 0 bridgehead atoms. The van der Waals surface area contributed by atoms with Gasteiger partial charge in [-0.05, 0) is 37.8 Å². The minimum Gasteiger partial charge on any atom is -0.494 e. The number of rotatable bonds is 4. The van der Waals surface area contributed by atoms with Gasteiger partial charge in [0.25, 0.3) is 0 Å². The van der Waals surface area contributed by atoms with Crippen molar-refractivity contribution in [2.75, 3.05) is 25.1 Å². The van der Waals surface area contributed by atoms with Crippen LogP contribution in [0.1, 0.15) is 49.3 Å². The largest absolute Gasteiger partial charge is 0.494 e. The van der Waals surface area contributed by atoms with Gasteiger partial charge in [0.2, 0.25) is 11.8 Å². The summed E-state index contributed by atoms with van der Waals surface area (Å²) in [6.45, 7) is 1.93. The molecule has 1 aromatic carbocycles. The number of nitrogens with zero attached hydrogens (tertiary/aromatic N) is 4. The molecule has 0 unspecified atom stereocenters. The number of hydrogen-bond donors (Lipinski definition) is 0. The zero-order valence-electron chi connectivity index (χ0n) is 14.1. The molecule has 1 saturated carbocycles. The molecule has 3 aromatic rings. The summed E-state index contributed by atoms with van der Waals surface area (Å²) < 4.78 is 12.5. The van der Waals surface area contributed by atoms with E-state index in [0.29, 0.717) is 11.8 Å². The molecule has 7 heteroatoms. The third-order valence-electron chi connectivity index (χ3n) is 5.09. The zero-order valence-corrected chi connectivity index (χ0v) is 15.0. The predicted octanol–water partition coefficient (Wildman–Crippen LogP) is 3.95. The minimum atomic E-state index is 0.375. The summed E-state index contributed by atoms with van der Waals surface area (Å²) in [6, 6.07) is 6.08. The Morgan fingerprint density at radius 3 is 2.48 bits per heavy atom. The average Bonchev–Trinajstić information content (AvgIpc) is 3.22. The summed E-state index contributed by atoms with van der Waals surface area (Å²) >= 11 is 1.73. The van der Waals surface area contributed by atoms with E-state index in [1.165, 1.54) is 17.5 Å². The molecule has 0 atom stereocenters. The summed E-state index contributed by atoms with van der Waals surface area (Å²) in [7, 11) is 1.69. The maximum absolute atomic E-state index is 5.90. The van der Waals surface area contributed by atoms with Crippen molar-refractivity contribution in [3.63, 3.8) is 0 Å². The summed E-state index contributed by atoms with van der Waals surface area (Å²) in [5.41, 5.74) is 0.957. The monoisotopic (exact) mass is 356 g/mol. The van der Waals surface area contributed by atoms with Gasteiger partial charge in [-0.25, -0.2) is 4.98 Å². The summed E-state index contributed by atoms with van der Waals surface area (Å²) in [5.74, 6) is 3.41. The number of aromatic nitrogens is 3. The van der Waals surface area contributed by atoms with Gasteiger partial charge in [-0.3, -0.25) is 0 Å². The predicted molar refractivity (Wildman–Crippen MR) is 96.6 cm³/mol. The van der Waals surface area contributed by atoms with E-state index in [9.17, 15) is 0 Å². The first-order valence-corrected chi connectivity index (χ1v) is 9.65. The van der Waals surface area contributed by atoms with Crippen molar-refractivity contribution < 1.29 is 9.15 Å². The molecule has 130 valence electrons. The van der Waals surface area contributed by atoms with Gasteiger partial charge in [-0.1, -0.05) is 17.4 Å². The van der Waals surface area contributed by atoms with Gasteiger partial charge < -0.3 is 14.1 Å². The van der Waals surface area contributed by atoms with E-state index in [2.05, 4.69) is 21.2 Å². The van der Waals surface area contributed by atoms with Crippen molar-refractivity contribution in [3.8, 4) is 5.75 Å². The van der Waals surface area contributed by atoms with Crippen molar-refractivity contribution in [2.24, 2.45) is 0 Å². The number of methoxy groups -OCH3 is 1. The number of fused-ring (bicyclic) bond motifs is 1. The summed E-state index contributed by atoms with van der Waals surface area (Å²) in [6.07, 6.45) is 4.45. The fraction of sp³-hybridized carbons (Fsp3) is 0.500. The number of para-hydroxylation sites is 1. The van der Waals surface area contributed by atoms with Crippen LogP contribution in [-0.2, 0) is 0 Å². The molecule has 1 aliphatic carbocycles. The Hall–Kier alpha value is -2.15. The first-order chi connectivity index (χ1) is 12.3. The van der Waals surface area contributed by atoms with Crippen molar-refractivity contribution in [2.45, 2.75) is 37.5 Å². The quantitative estimate of drug-likeness (QED) is 0.705. The third kappa shape index (κ3) is 2.76. The number of thiazole rings is 1. The molecular formula is C18H20N4O2S. The second-order valence-corrected chi connectivity index (χ2v) is 7.83. The first-order valence-electron chi connectivity index (χ1n) is 8.83. The summed E-state index contributed by atoms with van der Waals surface area (Å²) in [5, 5.41) is 9.59. The Labute approximate surface area is 149 Å². The standard InChI is InChI=1S/C18H20N4O2S/c1-23-13-3-2-4-14-15(13)19-18(25-14)22-9-7-12(8-10-22)17-21-20-16(24-17)11-5-6-11/h2-4,11-12H,5-10H2,1H3. The molecule has 0 amide bonds. The molecule has 2 aliphatic rings. The Morgan fingerprint density at radius 2 is 1.80 bits per heavy atom. The van der Waals surface area contributed by atoms with Gasteiger partial charge in [0.1, 0.15) is 11.3 Å². The van der Waals surface area contributed by atoms with Crippen LogP contribution in [0, 0.1) is 0 Å². The van der Waals surface area contributed by atoms with E-state index in [4.69, 9.17) is 14.1 Å². The molecule has 3 heterocycles. The molecule has 0 radical (unpaired) electrons. The first kappa shape index (κ1) is 15.1. The Bertz CT molecular complexity index is 894. The van der Waals surface area contributed by atoms with Crippen LogP contribution < -0.4 is 9.64 Å². The lowest BCUT2D eigenvalue weighted by Crippen LogP contribution is -2.32. The van der Waals surface area contributed by atoms with Crippen LogP contribution in [0.2, 0.25) is 0 Å². The molecule has 1 aliphatic heterocycles. The van der Waals surface area contributed by atoms with Crippen molar-refractivity contribution in [1.82, 2.24) is 15.2 Å². The van der Waals surface area contributed by atoms with E-state index in [-0.39, 0.29) is 0 Å². The third-order valence-corrected chi connectivity index (χ3v) is 6.17. The highest BCUT2D eigenvalue weighted by atomic mass is 32.1. The molecule has 0 N–H and O–H groups in total. The van der Waals surface area contributed by atoms with Gasteiger partial charge in [0, 0.05) is 24.9 Å². The van der Waals surface area contributed by atoms with E-state index >= 15 is 0 Å². The molecule has 1 saturated heterocycles. The Kier molecular flexibility index (Phi) is 3.62. The van der Waals surface area contributed by atoms with E-state index in [0.717, 1.165) is 54.1 Å². The lowest BCUT2D eigenvalue weighted by atomic mass is 9.97. The van der Waals surface area contributed by atoms with E-state index < -0.39 is 0 Å². The molecule has 6 nitrogen and oxygen atoms in total. The minimum absolute atomic E-state index is 0.375. The van der Waals surface area contributed by atoms with Crippen molar-refractivity contribution in [3.05, 3.63) is 30.0 Å². The molecular weight excluding hydrogens is 336 g/mol. The maximum Gasteiger partial charge on any atom is 0.219 e. The van der Waals surface area contributed by atoms with Crippen LogP contribution in [0.4, 0.5) is 5.13 Å².